The predicted octanol–water partition coefficient (Wildman–Crippen LogP) is 2.37. The quantitative estimate of drug-likeness (QED) is 0.628. The van der Waals surface area contributed by atoms with E-state index >= 15 is 0 Å². The number of imidazole rings is 1. The van der Waals surface area contributed by atoms with Gasteiger partial charge in [0.15, 0.2) is 5.82 Å². The van der Waals surface area contributed by atoms with Gasteiger partial charge in [0.1, 0.15) is 17.0 Å². The van der Waals surface area contributed by atoms with Crippen LogP contribution in [0.1, 0.15) is 5.69 Å². The third kappa shape index (κ3) is 2.56. The van der Waals surface area contributed by atoms with Gasteiger partial charge in [-0.2, -0.15) is 0 Å². The maximum atomic E-state index is 14.0. The van der Waals surface area contributed by atoms with Gasteiger partial charge >= 0.3 is 0 Å². The van der Waals surface area contributed by atoms with Gasteiger partial charge in [0, 0.05) is 23.8 Å². The molecule has 0 amide bonds. The number of benzene rings is 1. The standard InChI is InChI=1S/C17H12FN5O/c18-13-3-1-2-11-4-5-14(22-16(11)13)17-19-6-7-23(17)9-12-8-15(24)21-10-20-12/h1-8,10H,9H2,(H,20,21,24). The summed E-state index contributed by atoms with van der Waals surface area (Å²) in [6.07, 6.45) is 4.76. The summed E-state index contributed by atoms with van der Waals surface area (Å²) in [4.78, 5) is 26.7. The first kappa shape index (κ1) is 14.3. The van der Waals surface area contributed by atoms with Gasteiger partial charge in [0.2, 0.25) is 0 Å². The van der Waals surface area contributed by atoms with Crippen molar-refractivity contribution in [3.8, 4) is 11.5 Å². The Labute approximate surface area is 135 Å². The van der Waals surface area contributed by atoms with Crippen molar-refractivity contribution in [2.75, 3.05) is 0 Å². The summed E-state index contributed by atoms with van der Waals surface area (Å²) in [7, 11) is 0. The van der Waals surface area contributed by atoms with Crippen molar-refractivity contribution in [1.82, 2.24) is 24.5 Å². The molecule has 0 aliphatic rings. The van der Waals surface area contributed by atoms with E-state index in [1.807, 2.05) is 16.7 Å². The molecule has 0 saturated carbocycles. The van der Waals surface area contributed by atoms with Crippen LogP contribution < -0.4 is 5.56 Å². The zero-order chi connectivity index (χ0) is 16.5. The lowest BCUT2D eigenvalue weighted by Gasteiger charge is -2.08. The van der Waals surface area contributed by atoms with E-state index in [0.717, 1.165) is 5.39 Å². The minimum Gasteiger partial charge on any atom is -0.324 e. The van der Waals surface area contributed by atoms with Gasteiger partial charge in [-0.05, 0) is 12.1 Å². The summed E-state index contributed by atoms with van der Waals surface area (Å²) in [5.74, 6) is 0.214. The summed E-state index contributed by atoms with van der Waals surface area (Å²) >= 11 is 0. The Kier molecular flexibility index (Phi) is 3.38. The smallest absolute Gasteiger partial charge is 0.250 e. The molecule has 3 aromatic heterocycles. The van der Waals surface area contributed by atoms with Gasteiger partial charge in [-0.25, -0.2) is 19.3 Å². The number of H-pyrrole nitrogens is 1. The number of hydrogen-bond donors (Lipinski definition) is 1. The summed E-state index contributed by atoms with van der Waals surface area (Å²) in [5.41, 5.74) is 1.25. The molecule has 0 bridgehead atoms. The minimum atomic E-state index is -0.372. The summed E-state index contributed by atoms with van der Waals surface area (Å²) in [6, 6.07) is 9.88. The third-order valence-electron chi connectivity index (χ3n) is 3.68. The molecule has 0 aliphatic heterocycles. The molecular weight excluding hydrogens is 309 g/mol. The van der Waals surface area contributed by atoms with Crippen LogP contribution in [0.15, 0.2) is 59.9 Å². The van der Waals surface area contributed by atoms with Gasteiger partial charge in [-0.15, -0.1) is 0 Å². The maximum Gasteiger partial charge on any atom is 0.250 e. The van der Waals surface area contributed by atoms with Gasteiger partial charge in [0.05, 0.1) is 18.6 Å². The average Bonchev–Trinajstić information content (AvgIpc) is 3.03. The topological polar surface area (TPSA) is 76.5 Å². The summed E-state index contributed by atoms with van der Waals surface area (Å²) < 4.78 is 15.8. The first-order valence-electron chi connectivity index (χ1n) is 7.31. The van der Waals surface area contributed by atoms with Crippen LogP contribution >= 0.6 is 0 Å². The predicted molar refractivity (Wildman–Crippen MR) is 86.9 cm³/mol. The highest BCUT2D eigenvalue weighted by Crippen LogP contribution is 2.22. The number of halogens is 1. The van der Waals surface area contributed by atoms with Crippen molar-refractivity contribution in [3.05, 3.63) is 77.0 Å². The second-order valence-electron chi connectivity index (χ2n) is 5.29. The van der Waals surface area contributed by atoms with Crippen LogP contribution in [0.4, 0.5) is 4.39 Å². The molecule has 0 saturated heterocycles. The highest BCUT2D eigenvalue weighted by molar-refractivity contribution is 5.81. The number of aromatic amines is 1. The van der Waals surface area contributed by atoms with E-state index in [0.29, 0.717) is 29.3 Å². The van der Waals surface area contributed by atoms with Gasteiger partial charge in [-0.1, -0.05) is 18.2 Å². The van der Waals surface area contributed by atoms with Crippen molar-refractivity contribution >= 4 is 10.9 Å². The molecule has 4 aromatic rings. The first-order chi connectivity index (χ1) is 11.7. The Morgan fingerprint density at radius 2 is 2.08 bits per heavy atom. The molecule has 118 valence electrons. The van der Waals surface area contributed by atoms with Crippen LogP contribution in [0.3, 0.4) is 0 Å². The van der Waals surface area contributed by atoms with Crippen LogP contribution in [0, 0.1) is 5.82 Å². The van der Waals surface area contributed by atoms with Crippen LogP contribution in [0.25, 0.3) is 22.4 Å². The van der Waals surface area contributed by atoms with Crippen LogP contribution in [0.5, 0.6) is 0 Å². The Bertz CT molecular complexity index is 1090. The normalized spacial score (nSPS) is 11.0. The molecule has 0 radical (unpaired) electrons. The van der Waals surface area contributed by atoms with Crippen molar-refractivity contribution in [1.29, 1.82) is 0 Å². The number of nitrogens with zero attached hydrogens (tertiary/aromatic N) is 4. The Hall–Kier alpha value is -3.35. The number of pyridine rings is 1. The zero-order valence-electron chi connectivity index (χ0n) is 12.5. The number of aromatic nitrogens is 5. The highest BCUT2D eigenvalue weighted by atomic mass is 19.1. The van der Waals surface area contributed by atoms with E-state index in [4.69, 9.17) is 0 Å². The lowest BCUT2D eigenvalue weighted by molar-refractivity contribution is 0.637. The van der Waals surface area contributed by atoms with E-state index in [9.17, 15) is 9.18 Å². The number of nitrogens with one attached hydrogen (secondary N) is 1. The average molecular weight is 321 g/mol. The second kappa shape index (κ2) is 5.69. The maximum absolute atomic E-state index is 14.0. The monoisotopic (exact) mass is 321 g/mol. The van der Waals surface area contributed by atoms with Gasteiger partial charge in [-0.3, -0.25) is 4.79 Å². The molecular formula is C17H12FN5O. The molecule has 0 atom stereocenters. The largest absolute Gasteiger partial charge is 0.324 e. The minimum absolute atomic E-state index is 0.215. The lowest BCUT2D eigenvalue weighted by atomic mass is 10.2. The van der Waals surface area contributed by atoms with Crippen LogP contribution in [-0.2, 0) is 6.54 Å². The summed E-state index contributed by atoms with van der Waals surface area (Å²) in [5, 5.41) is 0.730. The van der Waals surface area contributed by atoms with E-state index in [-0.39, 0.29) is 11.4 Å². The van der Waals surface area contributed by atoms with Crippen molar-refractivity contribution in [3.63, 3.8) is 0 Å². The fraction of sp³-hybridized carbons (Fsp3) is 0.0588. The Morgan fingerprint density at radius 1 is 1.17 bits per heavy atom. The second-order valence-corrected chi connectivity index (χ2v) is 5.29. The highest BCUT2D eigenvalue weighted by Gasteiger charge is 2.11. The van der Waals surface area contributed by atoms with Crippen LogP contribution in [0.2, 0.25) is 0 Å². The molecule has 6 nitrogen and oxygen atoms in total. The zero-order valence-corrected chi connectivity index (χ0v) is 12.5. The molecule has 0 aliphatic carbocycles. The lowest BCUT2D eigenvalue weighted by Crippen LogP contribution is -2.10. The first-order valence-corrected chi connectivity index (χ1v) is 7.31. The molecule has 4 rings (SSSR count). The Morgan fingerprint density at radius 3 is 2.96 bits per heavy atom. The number of rotatable bonds is 3. The molecule has 0 unspecified atom stereocenters. The fourth-order valence-corrected chi connectivity index (χ4v) is 2.58. The number of hydrogen-bond acceptors (Lipinski definition) is 4. The van der Waals surface area contributed by atoms with E-state index in [1.54, 1.807) is 24.5 Å². The van der Waals surface area contributed by atoms with Crippen molar-refractivity contribution < 1.29 is 4.39 Å². The molecule has 7 heteroatoms. The van der Waals surface area contributed by atoms with Crippen LogP contribution in [-0.4, -0.2) is 24.5 Å². The molecule has 24 heavy (non-hydrogen) atoms. The van der Waals surface area contributed by atoms with Crippen molar-refractivity contribution in [2.24, 2.45) is 0 Å². The molecule has 1 aromatic carbocycles. The van der Waals surface area contributed by atoms with Gasteiger partial charge < -0.3 is 9.55 Å². The van der Waals surface area contributed by atoms with Crippen molar-refractivity contribution in [2.45, 2.75) is 6.54 Å². The molecule has 3 heterocycles. The number of para-hydroxylation sites is 1. The van der Waals surface area contributed by atoms with Gasteiger partial charge in [0.25, 0.3) is 5.56 Å². The third-order valence-corrected chi connectivity index (χ3v) is 3.68. The SMILES string of the molecule is O=c1cc(Cn2ccnc2-c2ccc3cccc(F)c3n2)nc[nH]1. The Balaban J connectivity index is 1.77. The number of fused-ring (bicyclic) bond motifs is 1. The molecule has 1 N–H and O–H groups in total. The van der Waals surface area contributed by atoms with E-state index in [1.165, 1.54) is 18.5 Å². The molecule has 0 fully saturated rings. The van der Waals surface area contributed by atoms with E-state index in [2.05, 4.69) is 19.9 Å². The fourth-order valence-electron chi connectivity index (χ4n) is 2.58. The summed E-state index contributed by atoms with van der Waals surface area (Å²) in [6.45, 7) is 0.371. The van der Waals surface area contributed by atoms with E-state index < -0.39 is 0 Å². The molecule has 0 spiro atoms.